The van der Waals surface area contributed by atoms with E-state index in [2.05, 4.69) is 25.7 Å². The van der Waals surface area contributed by atoms with Gasteiger partial charge in [0.1, 0.15) is 0 Å². The number of hydrogen-bond donors (Lipinski definition) is 3. The van der Waals surface area contributed by atoms with Gasteiger partial charge in [-0.25, -0.2) is 4.98 Å². The van der Waals surface area contributed by atoms with E-state index in [4.69, 9.17) is 9.72 Å². The molecule has 1 fully saturated rings. The first-order valence-electron chi connectivity index (χ1n) is 12.5. The molecule has 0 spiro atoms. The van der Waals surface area contributed by atoms with Gasteiger partial charge < -0.3 is 20.5 Å². The molecule has 1 saturated carbocycles. The average molecular weight is 508 g/mol. The Morgan fingerprint density at radius 1 is 1.16 bits per heavy atom. The van der Waals surface area contributed by atoms with E-state index in [-0.39, 0.29) is 12.0 Å². The zero-order valence-electron chi connectivity index (χ0n) is 21.6. The van der Waals surface area contributed by atoms with Crippen LogP contribution in [0.25, 0.3) is 11.3 Å². The van der Waals surface area contributed by atoms with Crippen molar-refractivity contribution in [2.45, 2.75) is 59.1 Å². The van der Waals surface area contributed by atoms with Crippen LogP contribution in [0, 0.1) is 18.8 Å². The summed E-state index contributed by atoms with van der Waals surface area (Å²) in [6.07, 6.45) is 6.20. The maximum Gasteiger partial charge on any atom is 0.307 e. The summed E-state index contributed by atoms with van der Waals surface area (Å²) < 4.78 is 7.40. The number of aromatic nitrogens is 5. The van der Waals surface area contributed by atoms with E-state index in [1.807, 2.05) is 33.9 Å². The first-order valence-corrected chi connectivity index (χ1v) is 12.5. The number of carbonyl (C=O) groups excluding carboxylic acids is 1. The molecule has 1 aliphatic carbocycles. The molecule has 2 atom stereocenters. The fourth-order valence-electron chi connectivity index (χ4n) is 4.59. The topological polar surface area (TPSA) is 144 Å². The lowest BCUT2D eigenvalue weighted by Crippen LogP contribution is -2.36. The molecule has 1 aliphatic rings. The molecule has 2 unspecified atom stereocenters. The van der Waals surface area contributed by atoms with Crippen LogP contribution in [0.15, 0.2) is 30.6 Å². The SMILES string of the molecule is Cc1nc(-c2cnn(C)c2CNc2nccc(OC(C)C)n2)ccc1NC(=O)C1CCCCC1C(=O)O. The lowest BCUT2D eigenvalue weighted by molar-refractivity contribution is -0.147. The normalized spacial score (nSPS) is 17.4. The maximum absolute atomic E-state index is 12.9. The lowest BCUT2D eigenvalue weighted by atomic mass is 9.78. The molecular formula is C26H33N7O4. The van der Waals surface area contributed by atoms with Crippen molar-refractivity contribution in [3.63, 3.8) is 0 Å². The van der Waals surface area contributed by atoms with Crippen molar-refractivity contribution in [2.75, 3.05) is 10.6 Å². The summed E-state index contributed by atoms with van der Waals surface area (Å²) in [6, 6.07) is 5.34. The van der Waals surface area contributed by atoms with Gasteiger partial charge >= 0.3 is 5.97 Å². The van der Waals surface area contributed by atoms with Crippen LogP contribution in [-0.2, 0) is 23.2 Å². The highest BCUT2D eigenvalue weighted by Crippen LogP contribution is 2.32. The molecule has 11 nitrogen and oxygen atoms in total. The number of rotatable bonds is 9. The van der Waals surface area contributed by atoms with Gasteiger partial charge in [-0.3, -0.25) is 19.3 Å². The number of nitrogens with one attached hydrogen (secondary N) is 2. The Kier molecular flexibility index (Phi) is 8.00. The number of carbonyl (C=O) groups is 2. The van der Waals surface area contributed by atoms with Gasteiger partial charge in [-0.15, -0.1) is 0 Å². The van der Waals surface area contributed by atoms with Crippen LogP contribution < -0.4 is 15.4 Å². The standard InChI is InChI=1S/C26H33N7O4/c1-15(2)37-23-11-12-27-26(32-23)28-14-22-19(13-29-33(22)4)21-10-9-20(16(3)30-21)31-24(34)17-7-5-6-8-18(17)25(35)36/h9-13,15,17-18H,5-8,14H2,1-4H3,(H,31,34)(H,35,36)(H,27,28,32). The lowest BCUT2D eigenvalue weighted by Gasteiger charge is -2.27. The summed E-state index contributed by atoms with van der Waals surface area (Å²) in [5.41, 5.74) is 3.64. The minimum Gasteiger partial charge on any atom is -0.481 e. The summed E-state index contributed by atoms with van der Waals surface area (Å²) in [7, 11) is 1.85. The number of carboxylic acid groups (broad SMARTS) is 1. The Bertz CT molecular complexity index is 1270. The number of anilines is 2. The third-order valence-corrected chi connectivity index (χ3v) is 6.50. The Hall–Kier alpha value is -4.02. The van der Waals surface area contributed by atoms with E-state index in [9.17, 15) is 14.7 Å². The van der Waals surface area contributed by atoms with E-state index in [0.717, 1.165) is 24.1 Å². The molecule has 3 aromatic rings. The number of ether oxygens (including phenoxy) is 1. The van der Waals surface area contributed by atoms with E-state index >= 15 is 0 Å². The predicted molar refractivity (Wildman–Crippen MR) is 138 cm³/mol. The van der Waals surface area contributed by atoms with Crippen LogP contribution in [0.4, 0.5) is 11.6 Å². The van der Waals surface area contributed by atoms with Gasteiger partial charge in [0.15, 0.2) is 0 Å². The second-order valence-corrected chi connectivity index (χ2v) is 9.52. The monoisotopic (exact) mass is 507 g/mol. The summed E-state index contributed by atoms with van der Waals surface area (Å²) >= 11 is 0. The summed E-state index contributed by atoms with van der Waals surface area (Å²) in [5.74, 6) is -1.42. The molecule has 4 rings (SSSR count). The van der Waals surface area contributed by atoms with Gasteiger partial charge in [0.05, 0.1) is 53.5 Å². The van der Waals surface area contributed by atoms with Crippen molar-refractivity contribution in [2.24, 2.45) is 18.9 Å². The van der Waals surface area contributed by atoms with Crippen molar-refractivity contribution in [1.29, 1.82) is 0 Å². The predicted octanol–water partition coefficient (Wildman–Crippen LogP) is 3.81. The number of aliphatic carboxylic acids is 1. The second-order valence-electron chi connectivity index (χ2n) is 9.52. The van der Waals surface area contributed by atoms with E-state index < -0.39 is 17.8 Å². The molecule has 1 amide bonds. The van der Waals surface area contributed by atoms with Gasteiger partial charge in [0, 0.05) is 24.9 Å². The van der Waals surface area contributed by atoms with Gasteiger partial charge in [-0.2, -0.15) is 10.1 Å². The Morgan fingerprint density at radius 3 is 2.62 bits per heavy atom. The van der Waals surface area contributed by atoms with Crippen LogP contribution in [0.5, 0.6) is 5.88 Å². The van der Waals surface area contributed by atoms with Crippen LogP contribution in [0.1, 0.15) is 50.9 Å². The molecule has 3 aromatic heterocycles. The van der Waals surface area contributed by atoms with Crippen molar-refractivity contribution < 1.29 is 19.4 Å². The highest BCUT2D eigenvalue weighted by molar-refractivity contribution is 5.95. The van der Waals surface area contributed by atoms with Crippen LogP contribution in [0.2, 0.25) is 0 Å². The summed E-state index contributed by atoms with van der Waals surface area (Å²) in [4.78, 5) is 37.9. The molecule has 0 aliphatic heterocycles. The summed E-state index contributed by atoms with van der Waals surface area (Å²) in [5, 5.41) is 20.0. The highest BCUT2D eigenvalue weighted by Gasteiger charge is 2.35. The number of aryl methyl sites for hydroxylation is 2. The zero-order chi connectivity index (χ0) is 26.5. The number of amides is 1. The summed E-state index contributed by atoms with van der Waals surface area (Å²) in [6.45, 7) is 6.10. The first kappa shape index (κ1) is 26.1. The highest BCUT2D eigenvalue weighted by atomic mass is 16.5. The minimum absolute atomic E-state index is 0.00904. The van der Waals surface area contributed by atoms with Gasteiger partial charge in [0.25, 0.3) is 0 Å². The molecule has 3 N–H and O–H groups in total. The first-order chi connectivity index (χ1) is 17.7. The Balaban J connectivity index is 1.48. The number of hydrogen-bond acceptors (Lipinski definition) is 8. The molecule has 0 radical (unpaired) electrons. The third-order valence-electron chi connectivity index (χ3n) is 6.50. The Morgan fingerprint density at radius 2 is 1.92 bits per heavy atom. The number of nitrogens with zero attached hydrogens (tertiary/aromatic N) is 5. The van der Waals surface area contributed by atoms with Crippen LogP contribution in [0.3, 0.4) is 0 Å². The molecule has 3 heterocycles. The van der Waals surface area contributed by atoms with E-state index in [1.165, 1.54) is 0 Å². The van der Waals surface area contributed by atoms with Crippen LogP contribution >= 0.6 is 0 Å². The second kappa shape index (κ2) is 11.4. The zero-order valence-corrected chi connectivity index (χ0v) is 21.6. The molecule has 0 aromatic carbocycles. The molecule has 11 heteroatoms. The van der Waals surface area contributed by atoms with Crippen molar-refractivity contribution in [3.05, 3.63) is 42.0 Å². The molecule has 37 heavy (non-hydrogen) atoms. The Labute approximate surface area is 215 Å². The minimum atomic E-state index is -0.910. The van der Waals surface area contributed by atoms with Crippen molar-refractivity contribution >= 4 is 23.5 Å². The third kappa shape index (κ3) is 6.22. The van der Waals surface area contributed by atoms with Crippen LogP contribution in [-0.4, -0.2) is 47.8 Å². The van der Waals surface area contributed by atoms with Crippen molar-refractivity contribution in [1.82, 2.24) is 24.7 Å². The molecule has 0 saturated heterocycles. The molecule has 0 bridgehead atoms. The quantitative estimate of drug-likeness (QED) is 0.394. The van der Waals surface area contributed by atoms with E-state index in [1.54, 1.807) is 29.2 Å². The van der Waals surface area contributed by atoms with Gasteiger partial charge in [-0.1, -0.05) is 12.8 Å². The van der Waals surface area contributed by atoms with Gasteiger partial charge in [0.2, 0.25) is 17.7 Å². The fourth-order valence-corrected chi connectivity index (χ4v) is 4.59. The smallest absolute Gasteiger partial charge is 0.307 e. The van der Waals surface area contributed by atoms with E-state index in [0.29, 0.717) is 48.3 Å². The molecule has 196 valence electrons. The maximum atomic E-state index is 12.9. The number of pyridine rings is 1. The molecular weight excluding hydrogens is 474 g/mol. The van der Waals surface area contributed by atoms with Gasteiger partial charge in [-0.05, 0) is 45.7 Å². The van der Waals surface area contributed by atoms with Crippen molar-refractivity contribution in [3.8, 4) is 17.1 Å². The largest absolute Gasteiger partial charge is 0.481 e. The number of carboxylic acids is 1. The average Bonchev–Trinajstić information content (AvgIpc) is 3.23. The fraction of sp³-hybridized carbons (Fsp3) is 0.462.